The van der Waals surface area contributed by atoms with Gasteiger partial charge in [-0.15, -0.1) is 0 Å². The molecule has 0 N–H and O–H groups in total. The lowest BCUT2D eigenvalue weighted by Crippen LogP contribution is -2.52. The molecule has 0 atom stereocenters. The summed E-state index contributed by atoms with van der Waals surface area (Å²) in [6, 6.07) is 6.04. The van der Waals surface area contributed by atoms with Crippen LogP contribution in [0.5, 0.6) is 0 Å². The Morgan fingerprint density at radius 3 is 2.27 bits per heavy atom. The average molecular weight is 324 g/mol. The van der Waals surface area contributed by atoms with E-state index < -0.39 is 10.2 Å². The molecule has 3 heterocycles. The maximum Gasteiger partial charge on any atom is 0.282 e. The zero-order chi connectivity index (χ0) is 15.6. The molecule has 1 aromatic rings. The molecule has 1 aromatic heterocycles. The Balaban J connectivity index is 1.56. The van der Waals surface area contributed by atoms with Crippen molar-refractivity contribution in [1.29, 1.82) is 0 Å². The first-order valence-electron chi connectivity index (χ1n) is 7.96. The Labute approximate surface area is 132 Å². The van der Waals surface area contributed by atoms with E-state index in [0.29, 0.717) is 26.2 Å². The summed E-state index contributed by atoms with van der Waals surface area (Å²) in [5, 5.41) is 0. The molecule has 2 fully saturated rings. The maximum atomic E-state index is 12.5. The lowest BCUT2D eigenvalue weighted by molar-refractivity contribution is 0.174. The van der Waals surface area contributed by atoms with Crippen LogP contribution in [0, 0.1) is 6.92 Å². The molecule has 7 heteroatoms. The Kier molecular flexibility index (Phi) is 4.77. The zero-order valence-corrected chi connectivity index (χ0v) is 13.9. The zero-order valence-electron chi connectivity index (χ0n) is 13.1. The highest BCUT2D eigenvalue weighted by atomic mass is 32.2. The summed E-state index contributed by atoms with van der Waals surface area (Å²) in [5.74, 6) is 0. The van der Waals surface area contributed by atoms with Crippen molar-refractivity contribution in [3.05, 3.63) is 29.6 Å². The van der Waals surface area contributed by atoms with Gasteiger partial charge >= 0.3 is 0 Å². The Hall–Kier alpha value is -1.02. The first-order chi connectivity index (χ1) is 10.6. The van der Waals surface area contributed by atoms with Gasteiger partial charge in [0, 0.05) is 51.5 Å². The number of hydrogen-bond acceptors (Lipinski definition) is 4. The van der Waals surface area contributed by atoms with E-state index in [1.807, 2.05) is 25.1 Å². The van der Waals surface area contributed by atoms with Crippen LogP contribution in [0.1, 0.15) is 24.2 Å². The predicted molar refractivity (Wildman–Crippen MR) is 85.6 cm³/mol. The van der Waals surface area contributed by atoms with Crippen LogP contribution < -0.4 is 0 Å². The smallest absolute Gasteiger partial charge is 0.282 e. The fraction of sp³-hybridized carbons (Fsp3) is 0.667. The minimum Gasteiger partial charge on any atom is -0.295 e. The van der Waals surface area contributed by atoms with E-state index in [1.165, 1.54) is 0 Å². The van der Waals surface area contributed by atoms with E-state index in [4.69, 9.17) is 0 Å². The third-order valence-electron chi connectivity index (χ3n) is 4.38. The fourth-order valence-corrected chi connectivity index (χ4v) is 4.79. The first kappa shape index (κ1) is 15.9. The van der Waals surface area contributed by atoms with Crippen LogP contribution in [0.4, 0.5) is 0 Å². The minimum absolute atomic E-state index is 0.574. The van der Waals surface area contributed by atoms with Crippen LogP contribution in [0.2, 0.25) is 0 Å². The summed E-state index contributed by atoms with van der Waals surface area (Å²) in [6.45, 7) is 6.82. The van der Waals surface area contributed by atoms with Crippen LogP contribution in [-0.2, 0) is 16.8 Å². The predicted octanol–water partition coefficient (Wildman–Crippen LogP) is 0.848. The number of piperazine rings is 1. The summed E-state index contributed by atoms with van der Waals surface area (Å²) in [7, 11) is -3.24. The third-order valence-corrected chi connectivity index (χ3v) is 6.42. The standard InChI is InChI=1S/C15H24N4O2S/c1-14-5-4-6-15(16-14)13-17-9-11-19(12-10-17)22(20,21)18-7-2-3-8-18/h4-6H,2-3,7-13H2,1H3. The lowest BCUT2D eigenvalue weighted by Gasteiger charge is -2.35. The van der Waals surface area contributed by atoms with Gasteiger partial charge in [-0.05, 0) is 31.9 Å². The second-order valence-corrected chi connectivity index (χ2v) is 7.99. The molecule has 122 valence electrons. The Bertz CT molecular complexity index is 606. The van der Waals surface area contributed by atoms with Crippen molar-refractivity contribution in [2.75, 3.05) is 39.3 Å². The van der Waals surface area contributed by atoms with Gasteiger partial charge in [0.2, 0.25) is 0 Å². The van der Waals surface area contributed by atoms with Crippen molar-refractivity contribution in [3.8, 4) is 0 Å². The van der Waals surface area contributed by atoms with Crippen molar-refractivity contribution >= 4 is 10.2 Å². The summed E-state index contributed by atoms with van der Waals surface area (Å²) in [6.07, 6.45) is 1.97. The first-order valence-corrected chi connectivity index (χ1v) is 9.35. The minimum atomic E-state index is -3.24. The molecule has 0 aromatic carbocycles. The van der Waals surface area contributed by atoms with Crippen molar-refractivity contribution in [1.82, 2.24) is 18.5 Å². The molecule has 2 saturated heterocycles. The quantitative estimate of drug-likeness (QED) is 0.824. The van der Waals surface area contributed by atoms with Gasteiger partial charge in [-0.2, -0.15) is 17.0 Å². The van der Waals surface area contributed by atoms with Crippen LogP contribution in [0.3, 0.4) is 0 Å². The van der Waals surface area contributed by atoms with E-state index >= 15 is 0 Å². The molecule has 2 aliphatic heterocycles. The molecular weight excluding hydrogens is 300 g/mol. The summed E-state index contributed by atoms with van der Waals surface area (Å²) < 4.78 is 28.3. The molecule has 0 spiro atoms. The molecule has 2 aliphatic rings. The van der Waals surface area contributed by atoms with Gasteiger partial charge in [0.15, 0.2) is 0 Å². The molecule has 0 amide bonds. The van der Waals surface area contributed by atoms with Gasteiger partial charge < -0.3 is 0 Å². The van der Waals surface area contributed by atoms with Gasteiger partial charge in [-0.1, -0.05) is 6.07 Å². The third kappa shape index (κ3) is 3.48. The topological polar surface area (TPSA) is 56.8 Å². The number of aryl methyl sites for hydroxylation is 1. The average Bonchev–Trinajstić information content (AvgIpc) is 3.03. The van der Waals surface area contributed by atoms with Crippen LogP contribution >= 0.6 is 0 Å². The Morgan fingerprint density at radius 2 is 1.64 bits per heavy atom. The van der Waals surface area contributed by atoms with Gasteiger partial charge in [-0.3, -0.25) is 9.88 Å². The lowest BCUT2D eigenvalue weighted by atomic mass is 10.2. The van der Waals surface area contributed by atoms with E-state index in [9.17, 15) is 8.42 Å². The monoisotopic (exact) mass is 324 g/mol. The maximum absolute atomic E-state index is 12.5. The van der Waals surface area contributed by atoms with Crippen LogP contribution in [0.25, 0.3) is 0 Å². The highest BCUT2D eigenvalue weighted by Gasteiger charge is 2.33. The number of nitrogens with zero attached hydrogens (tertiary/aromatic N) is 4. The van der Waals surface area contributed by atoms with E-state index in [1.54, 1.807) is 8.61 Å². The van der Waals surface area contributed by atoms with E-state index in [-0.39, 0.29) is 0 Å². The molecule has 0 bridgehead atoms. The molecular formula is C15H24N4O2S. The molecule has 0 unspecified atom stereocenters. The molecule has 6 nitrogen and oxygen atoms in total. The van der Waals surface area contributed by atoms with Gasteiger partial charge in [0.1, 0.15) is 0 Å². The van der Waals surface area contributed by atoms with Crippen molar-refractivity contribution in [3.63, 3.8) is 0 Å². The highest BCUT2D eigenvalue weighted by Crippen LogP contribution is 2.18. The van der Waals surface area contributed by atoms with Gasteiger partial charge in [-0.25, -0.2) is 0 Å². The van der Waals surface area contributed by atoms with Crippen molar-refractivity contribution in [2.45, 2.75) is 26.3 Å². The van der Waals surface area contributed by atoms with E-state index in [2.05, 4.69) is 9.88 Å². The summed E-state index contributed by atoms with van der Waals surface area (Å²) >= 11 is 0. The molecule has 0 saturated carbocycles. The van der Waals surface area contributed by atoms with E-state index in [0.717, 1.165) is 43.9 Å². The fourth-order valence-electron chi connectivity index (χ4n) is 3.12. The SMILES string of the molecule is Cc1cccc(CN2CCN(S(=O)(=O)N3CCCC3)CC2)n1. The largest absolute Gasteiger partial charge is 0.295 e. The van der Waals surface area contributed by atoms with Crippen LogP contribution in [-0.4, -0.2) is 66.2 Å². The van der Waals surface area contributed by atoms with Crippen LogP contribution in [0.15, 0.2) is 18.2 Å². The normalized spacial score (nSPS) is 22.2. The molecule has 0 radical (unpaired) electrons. The summed E-state index contributed by atoms with van der Waals surface area (Å²) in [5.41, 5.74) is 2.07. The number of pyridine rings is 1. The Morgan fingerprint density at radius 1 is 1.00 bits per heavy atom. The molecule has 22 heavy (non-hydrogen) atoms. The van der Waals surface area contributed by atoms with Gasteiger partial charge in [0.05, 0.1) is 5.69 Å². The number of aromatic nitrogens is 1. The highest BCUT2D eigenvalue weighted by molar-refractivity contribution is 7.86. The van der Waals surface area contributed by atoms with Crippen molar-refractivity contribution < 1.29 is 8.42 Å². The summed E-state index contributed by atoms with van der Waals surface area (Å²) in [4.78, 5) is 6.79. The second-order valence-electron chi connectivity index (χ2n) is 6.06. The number of hydrogen-bond donors (Lipinski definition) is 0. The number of rotatable bonds is 4. The second kappa shape index (κ2) is 6.62. The van der Waals surface area contributed by atoms with Gasteiger partial charge in [0.25, 0.3) is 10.2 Å². The van der Waals surface area contributed by atoms with Crippen molar-refractivity contribution in [2.24, 2.45) is 0 Å². The molecule has 3 rings (SSSR count). The molecule has 0 aliphatic carbocycles.